The molecule has 3 heteroatoms. The van der Waals surface area contributed by atoms with Crippen LogP contribution >= 0.6 is 11.6 Å². The topological polar surface area (TPSA) is 29.5 Å². The Kier molecular flexibility index (Phi) is 3.39. The smallest absolute Gasteiger partial charge is 0.134 e. The maximum absolute atomic E-state index is 9.29. The van der Waals surface area contributed by atoms with Gasteiger partial charge in [-0.2, -0.15) is 0 Å². The molecule has 0 radical (unpaired) electrons. The third kappa shape index (κ3) is 2.70. The SMILES string of the molecule is C=C1CCC(Oc2ccc(O)c(Cl)c2)CC1. The second kappa shape index (κ2) is 4.79. The number of allylic oxidation sites excluding steroid dienone is 1. The summed E-state index contributed by atoms with van der Waals surface area (Å²) < 4.78 is 5.80. The van der Waals surface area contributed by atoms with Crippen LogP contribution in [-0.2, 0) is 0 Å². The fourth-order valence-electron chi connectivity index (χ4n) is 1.87. The van der Waals surface area contributed by atoms with E-state index < -0.39 is 0 Å². The lowest BCUT2D eigenvalue weighted by Crippen LogP contribution is -2.20. The standard InChI is InChI=1S/C13H15ClO2/c1-9-2-4-10(5-3-9)16-11-6-7-13(15)12(14)8-11/h6-8,10,15H,1-5H2. The van der Waals surface area contributed by atoms with Crippen LogP contribution in [0.4, 0.5) is 0 Å². The van der Waals surface area contributed by atoms with Crippen LogP contribution in [-0.4, -0.2) is 11.2 Å². The molecule has 16 heavy (non-hydrogen) atoms. The largest absolute Gasteiger partial charge is 0.506 e. The van der Waals surface area contributed by atoms with E-state index in [4.69, 9.17) is 16.3 Å². The minimum Gasteiger partial charge on any atom is -0.506 e. The van der Waals surface area contributed by atoms with Crippen LogP contribution in [0.25, 0.3) is 0 Å². The second-order valence-corrected chi connectivity index (χ2v) is 4.59. The van der Waals surface area contributed by atoms with Gasteiger partial charge in [-0.1, -0.05) is 23.8 Å². The number of ether oxygens (including phenoxy) is 1. The Labute approximate surface area is 101 Å². The van der Waals surface area contributed by atoms with Crippen LogP contribution < -0.4 is 4.74 Å². The Bertz CT molecular complexity index is 391. The van der Waals surface area contributed by atoms with E-state index >= 15 is 0 Å². The molecule has 0 spiro atoms. The van der Waals surface area contributed by atoms with E-state index in [1.54, 1.807) is 18.2 Å². The summed E-state index contributed by atoms with van der Waals surface area (Å²) in [6, 6.07) is 4.95. The summed E-state index contributed by atoms with van der Waals surface area (Å²) >= 11 is 5.81. The quantitative estimate of drug-likeness (QED) is 0.792. The van der Waals surface area contributed by atoms with Crippen molar-refractivity contribution in [2.75, 3.05) is 0 Å². The van der Waals surface area contributed by atoms with Crippen molar-refractivity contribution in [1.82, 2.24) is 0 Å². The summed E-state index contributed by atoms with van der Waals surface area (Å²) in [6.45, 7) is 3.97. The van der Waals surface area contributed by atoms with Crippen molar-refractivity contribution in [3.63, 3.8) is 0 Å². The average molecular weight is 239 g/mol. The number of hydrogen-bond acceptors (Lipinski definition) is 2. The number of hydrogen-bond donors (Lipinski definition) is 1. The first-order valence-corrected chi connectivity index (χ1v) is 5.85. The minimum atomic E-state index is 0.0889. The maximum Gasteiger partial charge on any atom is 0.134 e. The lowest BCUT2D eigenvalue weighted by Gasteiger charge is -2.24. The van der Waals surface area contributed by atoms with E-state index in [1.165, 1.54) is 5.57 Å². The van der Waals surface area contributed by atoms with Gasteiger partial charge in [-0.15, -0.1) is 0 Å². The first-order chi connectivity index (χ1) is 7.65. The zero-order chi connectivity index (χ0) is 11.5. The van der Waals surface area contributed by atoms with Gasteiger partial charge in [0.25, 0.3) is 0 Å². The predicted molar refractivity (Wildman–Crippen MR) is 65.1 cm³/mol. The van der Waals surface area contributed by atoms with Gasteiger partial charge in [-0.05, 0) is 37.8 Å². The van der Waals surface area contributed by atoms with Gasteiger partial charge in [-0.25, -0.2) is 0 Å². The highest BCUT2D eigenvalue weighted by Gasteiger charge is 2.17. The number of benzene rings is 1. The molecule has 0 bridgehead atoms. The molecule has 1 aromatic rings. The molecule has 0 atom stereocenters. The maximum atomic E-state index is 9.29. The number of aromatic hydroxyl groups is 1. The van der Waals surface area contributed by atoms with Gasteiger partial charge < -0.3 is 9.84 Å². The molecule has 0 unspecified atom stereocenters. The average Bonchev–Trinajstić information content (AvgIpc) is 2.27. The molecule has 0 heterocycles. The Morgan fingerprint density at radius 2 is 2.00 bits per heavy atom. The zero-order valence-corrected chi connectivity index (χ0v) is 9.83. The molecule has 2 nitrogen and oxygen atoms in total. The molecule has 1 N–H and O–H groups in total. The van der Waals surface area contributed by atoms with Crippen LogP contribution in [0.1, 0.15) is 25.7 Å². The fourth-order valence-corrected chi connectivity index (χ4v) is 2.04. The zero-order valence-electron chi connectivity index (χ0n) is 9.08. The van der Waals surface area contributed by atoms with Crippen molar-refractivity contribution in [1.29, 1.82) is 0 Å². The molecule has 1 fully saturated rings. The molecule has 1 aromatic carbocycles. The molecule has 0 aromatic heterocycles. The Morgan fingerprint density at radius 1 is 1.31 bits per heavy atom. The number of phenolic OH excluding ortho intramolecular Hbond substituents is 1. The lowest BCUT2D eigenvalue weighted by molar-refractivity contribution is 0.169. The van der Waals surface area contributed by atoms with Gasteiger partial charge >= 0.3 is 0 Å². The third-order valence-electron chi connectivity index (χ3n) is 2.86. The van der Waals surface area contributed by atoms with Gasteiger partial charge in [0, 0.05) is 6.07 Å². The first kappa shape index (κ1) is 11.3. The monoisotopic (exact) mass is 238 g/mol. The third-order valence-corrected chi connectivity index (χ3v) is 3.16. The molecule has 0 saturated heterocycles. The molecule has 2 rings (SSSR count). The van der Waals surface area contributed by atoms with Crippen molar-refractivity contribution in [2.24, 2.45) is 0 Å². The van der Waals surface area contributed by atoms with Crippen LogP contribution in [0.3, 0.4) is 0 Å². The molecule has 1 aliphatic carbocycles. The molecule has 0 aliphatic heterocycles. The Hall–Kier alpha value is -1.15. The summed E-state index contributed by atoms with van der Waals surface area (Å²) in [5.41, 5.74) is 1.31. The van der Waals surface area contributed by atoms with Gasteiger partial charge in [0.05, 0.1) is 11.1 Å². The van der Waals surface area contributed by atoms with Crippen LogP contribution in [0, 0.1) is 0 Å². The van der Waals surface area contributed by atoms with E-state index in [0.717, 1.165) is 31.4 Å². The predicted octanol–water partition coefficient (Wildman–Crippen LogP) is 3.92. The second-order valence-electron chi connectivity index (χ2n) is 4.18. The Balaban J connectivity index is 1.98. The molecular formula is C13H15ClO2. The summed E-state index contributed by atoms with van der Waals surface area (Å²) in [6.07, 6.45) is 4.34. The van der Waals surface area contributed by atoms with Crippen molar-refractivity contribution < 1.29 is 9.84 Å². The van der Waals surface area contributed by atoms with E-state index in [-0.39, 0.29) is 11.9 Å². The van der Waals surface area contributed by atoms with Crippen LogP contribution in [0.2, 0.25) is 5.02 Å². The van der Waals surface area contributed by atoms with Crippen LogP contribution in [0.15, 0.2) is 30.4 Å². The molecule has 86 valence electrons. The summed E-state index contributed by atoms with van der Waals surface area (Å²) in [4.78, 5) is 0. The van der Waals surface area contributed by atoms with E-state index in [2.05, 4.69) is 6.58 Å². The van der Waals surface area contributed by atoms with Crippen molar-refractivity contribution in [3.8, 4) is 11.5 Å². The summed E-state index contributed by atoms with van der Waals surface area (Å²) in [5.74, 6) is 0.811. The van der Waals surface area contributed by atoms with E-state index in [9.17, 15) is 5.11 Å². The number of halogens is 1. The normalized spacial score (nSPS) is 17.4. The molecule has 1 aliphatic rings. The minimum absolute atomic E-state index is 0.0889. The molecular weight excluding hydrogens is 224 g/mol. The summed E-state index contributed by atoms with van der Waals surface area (Å²) in [7, 11) is 0. The van der Waals surface area contributed by atoms with E-state index in [0.29, 0.717) is 5.02 Å². The highest BCUT2D eigenvalue weighted by atomic mass is 35.5. The highest BCUT2D eigenvalue weighted by molar-refractivity contribution is 6.32. The Morgan fingerprint density at radius 3 is 2.62 bits per heavy atom. The van der Waals surface area contributed by atoms with E-state index in [1.807, 2.05) is 0 Å². The molecule has 0 amide bonds. The van der Waals surface area contributed by atoms with Crippen molar-refractivity contribution >= 4 is 11.6 Å². The van der Waals surface area contributed by atoms with Crippen LogP contribution in [0.5, 0.6) is 11.5 Å². The lowest BCUT2D eigenvalue weighted by atomic mass is 9.94. The van der Waals surface area contributed by atoms with Crippen molar-refractivity contribution in [3.05, 3.63) is 35.4 Å². The highest BCUT2D eigenvalue weighted by Crippen LogP contribution is 2.30. The van der Waals surface area contributed by atoms with Gasteiger partial charge in [0.15, 0.2) is 0 Å². The number of rotatable bonds is 2. The van der Waals surface area contributed by atoms with Gasteiger partial charge in [-0.3, -0.25) is 0 Å². The van der Waals surface area contributed by atoms with Crippen molar-refractivity contribution in [2.45, 2.75) is 31.8 Å². The summed E-state index contributed by atoms with van der Waals surface area (Å²) in [5, 5.41) is 9.62. The first-order valence-electron chi connectivity index (χ1n) is 5.47. The van der Waals surface area contributed by atoms with Gasteiger partial charge in [0.2, 0.25) is 0 Å². The molecule has 1 saturated carbocycles. The fraction of sp³-hybridized carbons (Fsp3) is 0.385. The number of phenols is 1. The van der Waals surface area contributed by atoms with Gasteiger partial charge in [0.1, 0.15) is 11.5 Å².